The molecule has 9 heteroatoms. The van der Waals surface area contributed by atoms with E-state index in [1.165, 1.54) is 16.8 Å². The maximum atomic E-state index is 13.7. The Balaban J connectivity index is 0.000000552. The molecule has 2 aliphatic heterocycles. The number of nitrogens with zero attached hydrogens (tertiary/aromatic N) is 3. The zero-order valence-corrected chi connectivity index (χ0v) is 16.5. The Morgan fingerprint density at radius 1 is 1.34 bits per heavy atom. The van der Waals surface area contributed by atoms with Crippen LogP contribution in [-0.2, 0) is 16.1 Å². The first kappa shape index (κ1) is 20.8. The third kappa shape index (κ3) is 4.73. The van der Waals surface area contributed by atoms with Gasteiger partial charge in [0.25, 0.3) is 5.97 Å². The van der Waals surface area contributed by atoms with Crippen LogP contribution in [0.5, 0.6) is 0 Å². The first-order chi connectivity index (χ1) is 13.8. The van der Waals surface area contributed by atoms with Crippen LogP contribution in [0.3, 0.4) is 0 Å². The Bertz CT molecular complexity index is 896. The maximum Gasteiger partial charge on any atom is 0.300 e. The first-order valence-corrected chi connectivity index (χ1v) is 9.51. The second-order valence-corrected chi connectivity index (χ2v) is 7.52. The Morgan fingerprint density at radius 3 is 2.69 bits per heavy atom. The molecule has 3 atom stereocenters. The van der Waals surface area contributed by atoms with Crippen molar-refractivity contribution in [3.8, 4) is 0 Å². The van der Waals surface area contributed by atoms with Gasteiger partial charge in [0.1, 0.15) is 18.2 Å². The minimum absolute atomic E-state index is 0.0292. The highest BCUT2D eigenvalue weighted by atomic mass is 19.1. The number of aryl methyl sites for hydroxylation is 1. The van der Waals surface area contributed by atoms with Crippen LogP contribution in [0.4, 0.5) is 10.2 Å². The fraction of sp³-hybridized carbons (Fsp3) is 0.450. The van der Waals surface area contributed by atoms with E-state index in [0.29, 0.717) is 24.2 Å². The summed E-state index contributed by atoms with van der Waals surface area (Å²) in [6.45, 7) is 5.46. The van der Waals surface area contributed by atoms with Crippen molar-refractivity contribution >= 4 is 17.7 Å². The van der Waals surface area contributed by atoms with Gasteiger partial charge in [-0.1, -0.05) is 12.1 Å². The molecule has 1 aromatic carbocycles. The number of carbonyl (C=O) groups excluding carboxylic acids is 1. The van der Waals surface area contributed by atoms with Crippen molar-refractivity contribution in [3.05, 3.63) is 47.4 Å². The number of aliphatic carboxylic acids is 1. The SMILES string of the molecule is CC(=O)O.Cc1cc(N)n(CC(=O)N2C[C@@H]3CNC[C@@H]3[C@@H]2c2cccc(F)c2)n1. The summed E-state index contributed by atoms with van der Waals surface area (Å²) in [6.07, 6.45) is 0. The van der Waals surface area contributed by atoms with Gasteiger partial charge in [-0.3, -0.25) is 9.59 Å². The number of fused-ring (bicyclic) bond motifs is 1. The van der Waals surface area contributed by atoms with Crippen LogP contribution in [-0.4, -0.2) is 51.3 Å². The standard InChI is InChI=1S/C18H22FN5O.C2H4O2/c1-11-5-16(20)24(22-11)10-17(25)23-9-13-7-21-8-15(13)18(23)12-3-2-4-14(19)6-12;1-2(3)4/h2-6,13,15,18,21H,7-10,20H2,1H3;1H3,(H,3,4)/t13-,15-,18-;/m0./s1. The van der Waals surface area contributed by atoms with Crippen LogP contribution in [0.15, 0.2) is 30.3 Å². The zero-order chi connectivity index (χ0) is 21.1. The molecular formula is C20H26FN5O3. The van der Waals surface area contributed by atoms with Crippen molar-refractivity contribution in [1.29, 1.82) is 0 Å². The average molecular weight is 403 g/mol. The van der Waals surface area contributed by atoms with Gasteiger partial charge in [-0.2, -0.15) is 5.10 Å². The van der Waals surface area contributed by atoms with Crippen molar-refractivity contribution in [2.75, 3.05) is 25.4 Å². The summed E-state index contributed by atoms with van der Waals surface area (Å²) in [5, 5.41) is 15.1. The summed E-state index contributed by atoms with van der Waals surface area (Å²) >= 11 is 0. The van der Waals surface area contributed by atoms with E-state index in [0.717, 1.165) is 31.3 Å². The zero-order valence-electron chi connectivity index (χ0n) is 16.5. The van der Waals surface area contributed by atoms with Crippen LogP contribution in [0.2, 0.25) is 0 Å². The number of carboxylic acids is 1. The number of hydrogen-bond acceptors (Lipinski definition) is 5. The summed E-state index contributed by atoms with van der Waals surface area (Å²) in [5.41, 5.74) is 7.56. The Hall–Kier alpha value is -2.94. The number of aromatic nitrogens is 2. The Kier molecular flexibility index (Phi) is 6.17. The smallest absolute Gasteiger partial charge is 0.300 e. The number of halogens is 1. The molecule has 2 fully saturated rings. The molecule has 4 N–H and O–H groups in total. The molecule has 1 amide bonds. The quantitative estimate of drug-likeness (QED) is 0.714. The van der Waals surface area contributed by atoms with E-state index in [-0.39, 0.29) is 24.3 Å². The number of nitrogen functional groups attached to an aromatic ring is 1. The number of rotatable bonds is 3. The summed E-state index contributed by atoms with van der Waals surface area (Å²) in [4.78, 5) is 23.8. The predicted octanol–water partition coefficient (Wildman–Crippen LogP) is 1.42. The monoisotopic (exact) mass is 403 g/mol. The molecule has 0 unspecified atom stereocenters. The van der Waals surface area contributed by atoms with Crippen molar-refractivity contribution in [3.63, 3.8) is 0 Å². The summed E-state index contributed by atoms with van der Waals surface area (Å²) in [5.74, 6) is 0.0512. The number of likely N-dealkylation sites (tertiary alicyclic amines) is 1. The second-order valence-electron chi connectivity index (χ2n) is 7.52. The summed E-state index contributed by atoms with van der Waals surface area (Å²) in [6, 6.07) is 8.22. The van der Waals surface area contributed by atoms with Crippen LogP contribution in [0, 0.1) is 24.6 Å². The van der Waals surface area contributed by atoms with Crippen molar-refractivity contribution in [2.24, 2.45) is 11.8 Å². The van der Waals surface area contributed by atoms with E-state index in [1.54, 1.807) is 12.1 Å². The Labute approximate surface area is 168 Å². The maximum absolute atomic E-state index is 13.7. The lowest BCUT2D eigenvalue weighted by Crippen LogP contribution is -2.37. The molecule has 3 heterocycles. The van der Waals surface area contributed by atoms with Gasteiger partial charge in [-0.15, -0.1) is 0 Å². The second kappa shape index (κ2) is 8.60. The van der Waals surface area contributed by atoms with E-state index >= 15 is 0 Å². The predicted molar refractivity (Wildman–Crippen MR) is 105 cm³/mol. The van der Waals surface area contributed by atoms with Gasteiger partial charge >= 0.3 is 0 Å². The highest BCUT2D eigenvalue weighted by Crippen LogP contribution is 2.42. The number of anilines is 1. The molecule has 0 radical (unpaired) electrons. The van der Waals surface area contributed by atoms with E-state index in [4.69, 9.17) is 15.6 Å². The minimum Gasteiger partial charge on any atom is -0.481 e. The van der Waals surface area contributed by atoms with Gasteiger partial charge in [-0.25, -0.2) is 9.07 Å². The molecule has 29 heavy (non-hydrogen) atoms. The lowest BCUT2D eigenvalue weighted by Gasteiger charge is -2.28. The molecule has 2 aliphatic rings. The highest BCUT2D eigenvalue weighted by molar-refractivity contribution is 5.77. The van der Waals surface area contributed by atoms with E-state index in [1.807, 2.05) is 17.9 Å². The molecule has 0 aliphatic carbocycles. The fourth-order valence-electron chi connectivity index (χ4n) is 4.21. The molecule has 4 rings (SSSR count). The molecule has 0 saturated carbocycles. The van der Waals surface area contributed by atoms with Gasteiger partial charge in [-0.05, 0) is 30.5 Å². The number of hydrogen-bond donors (Lipinski definition) is 3. The summed E-state index contributed by atoms with van der Waals surface area (Å²) in [7, 11) is 0. The molecular weight excluding hydrogens is 377 g/mol. The van der Waals surface area contributed by atoms with Gasteiger partial charge in [0, 0.05) is 38.5 Å². The molecule has 2 aromatic rings. The van der Waals surface area contributed by atoms with Crippen molar-refractivity contribution in [1.82, 2.24) is 20.0 Å². The number of nitrogens with one attached hydrogen (secondary N) is 1. The number of amides is 1. The van der Waals surface area contributed by atoms with Gasteiger partial charge in [0.15, 0.2) is 0 Å². The third-order valence-corrected chi connectivity index (χ3v) is 5.29. The molecule has 8 nitrogen and oxygen atoms in total. The average Bonchev–Trinajstić information content (AvgIpc) is 3.28. The largest absolute Gasteiger partial charge is 0.481 e. The number of carboxylic acid groups (broad SMARTS) is 1. The highest BCUT2D eigenvalue weighted by Gasteiger charge is 2.46. The van der Waals surface area contributed by atoms with Crippen LogP contribution < -0.4 is 11.1 Å². The molecule has 156 valence electrons. The number of carbonyl (C=O) groups is 2. The summed E-state index contributed by atoms with van der Waals surface area (Å²) < 4.78 is 15.3. The molecule has 1 aromatic heterocycles. The van der Waals surface area contributed by atoms with Crippen molar-refractivity contribution < 1.29 is 19.1 Å². The molecule has 2 saturated heterocycles. The molecule has 0 bridgehead atoms. The fourth-order valence-corrected chi connectivity index (χ4v) is 4.21. The van der Waals surface area contributed by atoms with Crippen LogP contribution in [0.1, 0.15) is 24.2 Å². The van der Waals surface area contributed by atoms with E-state index in [2.05, 4.69) is 10.4 Å². The van der Waals surface area contributed by atoms with E-state index < -0.39 is 5.97 Å². The van der Waals surface area contributed by atoms with Gasteiger partial charge in [0.2, 0.25) is 5.91 Å². The van der Waals surface area contributed by atoms with Crippen LogP contribution in [0.25, 0.3) is 0 Å². The topological polar surface area (TPSA) is 113 Å². The normalized spacial score (nSPS) is 22.7. The first-order valence-electron chi connectivity index (χ1n) is 9.51. The minimum atomic E-state index is -0.833. The van der Waals surface area contributed by atoms with Gasteiger partial charge in [0.05, 0.1) is 11.7 Å². The van der Waals surface area contributed by atoms with Gasteiger partial charge < -0.3 is 21.1 Å². The van der Waals surface area contributed by atoms with E-state index in [9.17, 15) is 9.18 Å². The number of benzene rings is 1. The lowest BCUT2D eigenvalue weighted by atomic mass is 9.89. The number of nitrogens with two attached hydrogens (primary N) is 1. The lowest BCUT2D eigenvalue weighted by molar-refractivity contribution is -0.135. The Morgan fingerprint density at radius 2 is 2.07 bits per heavy atom. The molecule has 0 spiro atoms. The third-order valence-electron chi connectivity index (χ3n) is 5.29. The van der Waals surface area contributed by atoms with Crippen molar-refractivity contribution in [2.45, 2.75) is 26.4 Å². The van der Waals surface area contributed by atoms with Crippen LogP contribution >= 0.6 is 0 Å².